The van der Waals surface area contributed by atoms with Crippen LogP contribution in [0.5, 0.6) is 0 Å². The molecule has 0 fully saturated rings. The number of nitrogens with zero attached hydrogens (tertiary/aromatic N) is 1. The van der Waals surface area contributed by atoms with Crippen LogP contribution in [0.15, 0.2) is 18.2 Å². The molecule has 2 amide bonds. The summed E-state index contributed by atoms with van der Waals surface area (Å²) in [6.45, 7) is 6.44. The number of amides is 2. The van der Waals surface area contributed by atoms with Crippen molar-refractivity contribution in [2.45, 2.75) is 39.7 Å². The van der Waals surface area contributed by atoms with E-state index in [1.165, 1.54) is 12.5 Å². The van der Waals surface area contributed by atoms with Crippen molar-refractivity contribution >= 4 is 34.3 Å². The van der Waals surface area contributed by atoms with Gasteiger partial charge in [0.2, 0.25) is 11.8 Å². The monoisotopic (exact) mass is 361 g/mol. The number of halogens is 1. The van der Waals surface area contributed by atoms with Gasteiger partial charge in [-0.2, -0.15) is 0 Å². The lowest BCUT2D eigenvalue weighted by Gasteiger charge is -2.37. The van der Waals surface area contributed by atoms with Gasteiger partial charge >= 0.3 is 0 Å². The molecule has 1 atom stereocenters. The van der Waals surface area contributed by atoms with Crippen molar-refractivity contribution in [1.82, 2.24) is 15.2 Å². The maximum Gasteiger partial charge on any atom is 0.242 e. The number of rotatable bonds is 4. The Hall–Kier alpha value is -2.01. The Morgan fingerprint density at radius 2 is 2.16 bits per heavy atom. The van der Waals surface area contributed by atoms with Gasteiger partial charge in [0.05, 0.1) is 12.6 Å². The standard InChI is InChI=1S/C19H24ClN3O2/c1-11(2)8-17-19-14(15-9-13(20)4-5-16(15)22-19)6-7-23(17)18(25)10-21-12(3)24/h4-5,9,11,17,22H,6-8,10H2,1-3H3,(H,21,24). The first-order valence-corrected chi connectivity index (χ1v) is 9.08. The van der Waals surface area contributed by atoms with E-state index in [9.17, 15) is 9.59 Å². The lowest BCUT2D eigenvalue weighted by atomic mass is 9.91. The minimum absolute atomic E-state index is 0.00353. The normalized spacial score (nSPS) is 17.0. The number of hydrogen-bond acceptors (Lipinski definition) is 2. The zero-order valence-corrected chi connectivity index (χ0v) is 15.6. The van der Waals surface area contributed by atoms with Gasteiger partial charge < -0.3 is 15.2 Å². The van der Waals surface area contributed by atoms with E-state index in [1.807, 2.05) is 23.1 Å². The third kappa shape index (κ3) is 3.66. The topological polar surface area (TPSA) is 65.2 Å². The number of aromatic nitrogens is 1. The molecule has 1 aliphatic rings. The van der Waals surface area contributed by atoms with E-state index in [4.69, 9.17) is 11.6 Å². The average molecular weight is 362 g/mol. The Bertz CT molecular complexity index is 812. The first-order chi connectivity index (χ1) is 11.9. The van der Waals surface area contributed by atoms with Crippen LogP contribution in [0.3, 0.4) is 0 Å². The molecule has 1 aromatic carbocycles. The molecule has 6 heteroatoms. The summed E-state index contributed by atoms with van der Waals surface area (Å²) in [5, 5.41) is 4.48. The Morgan fingerprint density at radius 3 is 2.84 bits per heavy atom. The minimum atomic E-state index is -0.188. The number of H-pyrrole nitrogens is 1. The van der Waals surface area contributed by atoms with Gasteiger partial charge in [0.15, 0.2) is 0 Å². The second-order valence-electron chi connectivity index (χ2n) is 7.10. The highest BCUT2D eigenvalue weighted by Gasteiger charge is 2.33. The average Bonchev–Trinajstić information content (AvgIpc) is 2.91. The summed E-state index contributed by atoms with van der Waals surface area (Å²) in [6.07, 6.45) is 1.66. The van der Waals surface area contributed by atoms with Crippen LogP contribution < -0.4 is 5.32 Å². The predicted molar refractivity (Wildman–Crippen MR) is 99.6 cm³/mol. The molecule has 0 radical (unpaired) electrons. The first kappa shape index (κ1) is 17.8. The second-order valence-corrected chi connectivity index (χ2v) is 7.54. The minimum Gasteiger partial charge on any atom is -0.356 e. The summed E-state index contributed by atoms with van der Waals surface area (Å²) in [4.78, 5) is 29.2. The van der Waals surface area contributed by atoms with Gasteiger partial charge in [-0.15, -0.1) is 0 Å². The Balaban J connectivity index is 1.97. The summed E-state index contributed by atoms with van der Waals surface area (Å²) in [7, 11) is 0. The molecule has 0 bridgehead atoms. The molecule has 2 heterocycles. The predicted octanol–water partition coefficient (Wildman–Crippen LogP) is 3.43. The zero-order chi connectivity index (χ0) is 18.1. The van der Waals surface area contributed by atoms with E-state index in [0.717, 1.165) is 34.5 Å². The van der Waals surface area contributed by atoms with E-state index in [-0.39, 0.29) is 24.4 Å². The summed E-state index contributed by atoms with van der Waals surface area (Å²) in [5.41, 5.74) is 3.42. The van der Waals surface area contributed by atoms with Crippen LogP contribution in [0.4, 0.5) is 0 Å². The maximum absolute atomic E-state index is 12.6. The molecule has 3 rings (SSSR count). The summed E-state index contributed by atoms with van der Waals surface area (Å²) in [5.74, 6) is 0.219. The SMILES string of the molecule is CC(=O)NCC(=O)N1CCc2c([nH]c3ccc(Cl)cc23)C1CC(C)C. The van der Waals surface area contributed by atoms with Crippen LogP contribution in [-0.2, 0) is 16.0 Å². The van der Waals surface area contributed by atoms with Gasteiger partial charge in [0, 0.05) is 35.1 Å². The van der Waals surface area contributed by atoms with Gasteiger partial charge in [-0.1, -0.05) is 25.4 Å². The molecular weight excluding hydrogens is 338 g/mol. The van der Waals surface area contributed by atoms with Gasteiger partial charge in [-0.05, 0) is 42.5 Å². The number of carbonyl (C=O) groups is 2. The van der Waals surface area contributed by atoms with Crippen molar-refractivity contribution in [3.8, 4) is 0 Å². The van der Waals surface area contributed by atoms with Crippen LogP contribution in [0.1, 0.15) is 44.5 Å². The molecule has 0 spiro atoms. The summed E-state index contributed by atoms with van der Waals surface area (Å²) in [6, 6.07) is 5.86. The van der Waals surface area contributed by atoms with Gasteiger partial charge in [0.1, 0.15) is 0 Å². The fraction of sp³-hybridized carbons (Fsp3) is 0.474. The molecule has 2 N–H and O–H groups in total. The van der Waals surface area contributed by atoms with Gasteiger partial charge in [-0.3, -0.25) is 9.59 Å². The largest absolute Gasteiger partial charge is 0.356 e. The molecule has 1 unspecified atom stereocenters. The third-order valence-electron chi connectivity index (χ3n) is 4.72. The fourth-order valence-corrected chi connectivity index (χ4v) is 3.80. The second kappa shape index (κ2) is 7.08. The molecule has 25 heavy (non-hydrogen) atoms. The number of nitrogens with one attached hydrogen (secondary N) is 2. The third-order valence-corrected chi connectivity index (χ3v) is 4.95. The Morgan fingerprint density at radius 1 is 1.40 bits per heavy atom. The molecule has 1 aromatic heterocycles. The summed E-state index contributed by atoms with van der Waals surface area (Å²) >= 11 is 6.17. The lowest BCUT2D eigenvalue weighted by Crippen LogP contribution is -2.45. The fourth-order valence-electron chi connectivity index (χ4n) is 3.63. The van der Waals surface area contributed by atoms with Crippen molar-refractivity contribution < 1.29 is 9.59 Å². The molecule has 0 saturated carbocycles. The quantitative estimate of drug-likeness (QED) is 0.876. The van der Waals surface area contributed by atoms with Crippen LogP contribution >= 0.6 is 11.6 Å². The molecule has 2 aromatic rings. The number of fused-ring (bicyclic) bond motifs is 3. The first-order valence-electron chi connectivity index (χ1n) is 8.70. The van der Waals surface area contributed by atoms with Crippen LogP contribution in [0, 0.1) is 5.92 Å². The highest BCUT2D eigenvalue weighted by molar-refractivity contribution is 6.31. The molecule has 5 nitrogen and oxygen atoms in total. The van der Waals surface area contributed by atoms with Crippen LogP contribution in [0.2, 0.25) is 5.02 Å². The van der Waals surface area contributed by atoms with Crippen LogP contribution in [-0.4, -0.2) is 34.8 Å². The van der Waals surface area contributed by atoms with Crippen molar-refractivity contribution in [3.05, 3.63) is 34.5 Å². The van der Waals surface area contributed by atoms with E-state index < -0.39 is 0 Å². The van der Waals surface area contributed by atoms with E-state index in [2.05, 4.69) is 24.1 Å². The molecule has 134 valence electrons. The molecule has 1 aliphatic heterocycles. The van der Waals surface area contributed by atoms with Gasteiger partial charge in [-0.25, -0.2) is 0 Å². The van der Waals surface area contributed by atoms with E-state index in [0.29, 0.717) is 12.5 Å². The van der Waals surface area contributed by atoms with E-state index >= 15 is 0 Å². The van der Waals surface area contributed by atoms with E-state index in [1.54, 1.807) is 0 Å². The number of benzene rings is 1. The smallest absolute Gasteiger partial charge is 0.242 e. The van der Waals surface area contributed by atoms with Crippen molar-refractivity contribution in [2.24, 2.45) is 5.92 Å². The number of aromatic amines is 1. The molecular formula is C19H24ClN3O2. The number of hydrogen-bond donors (Lipinski definition) is 2. The Labute approximate surface area is 152 Å². The van der Waals surface area contributed by atoms with Crippen molar-refractivity contribution in [3.63, 3.8) is 0 Å². The van der Waals surface area contributed by atoms with Gasteiger partial charge in [0.25, 0.3) is 0 Å². The maximum atomic E-state index is 12.6. The zero-order valence-electron chi connectivity index (χ0n) is 14.9. The van der Waals surface area contributed by atoms with Crippen LogP contribution in [0.25, 0.3) is 10.9 Å². The highest BCUT2D eigenvalue weighted by atomic mass is 35.5. The Kier molecular flexibility index (Phi) is 5.04. The summed E-state index contributed by atoms with van der Waals surface area (Å²) < 4.78 is 0. The van der Waals surface area contributed by atoms with Crippen molar-refractivity contribution in [2.75, 3.05) is 13.1 Å². The highest BCUT2D eigenvalue weighted by Crippen LogP contribution is 2.38. The van der Waals surface area contributed by atoms with Crippen molar-refractivity contribution in [1.29, 1.82) is 0 Å². The number of carbonyl (C=O) groups excluding carboxylic acids is 2. The molecule has 0 aliphatic carbocycles. The lowest BCUT2D eigenvalue weighted by molar-refractivity contribution is -0.135. The molecule has 0 saturated heterocycles.